The predicted molar refractivity (Wildman–Crippen MR) is 152 cm³/mol. The molecule has 1 amide bonds. The average molecular weight is 562 g/mol. The van der Waals surface area contributed by atoms with Gasteiger partial charge in [-0.25, -0.2) is 14.8 Å². The number of benzene rings is 2. The van der Waals surface area contributed by atoms with E-state index in [2.05, 4.69) is 20.3 Å². The van der Waals surface area contributed by atoms with Gasteiger partial charge in [-0.15, -0.1) is 0 Å². The van der Waals surface area contributed by atoms with Crippen LogP contribution in [0.15, 0.2) is 60.9 Å². The summed E-state index contributed by atoms with van der Waals surface area (Å²) in [7, 11) is 1.35. The van der Waals surface area contributed by atoms with E-state index in [0.29, 0.717) is 37.4 Å². The molecule has 40 heavy (non-hydrogen) atoms. The molecule has 11 heteroatoms. The number of fused-ring (bicyclic) bond motifs is 1. The first-order chi connectivity index (χ1) is 19.2. The van der Waals surface area contributed by atoms with E-state index in [1.54, 1.807) is 16.2 Å². The molecule has 0 aliphatic carbocycles. The lowest BCUT2D eigenvalue weighted by molar-refractivity contribution is -0.150. The largest absolute Gasteiger partial charge is 0.468 e. The molecule has 4 aromatic rings. The Morgan fingerprint density at radius 1 is 1.00 bits per heavy atom. The lowest BCUT2D eigenvalue weighted by Crippen LogP contribution is -2.51. The summed E-state index contributed by atoms with van der Waals surface area (Å²) in [6, 6.07) is 15.4. The number of ether oxygens (including phenoxy) is 3. The number of carbonyl (C=O) groups is 2. The molecule has 208 valence electrons. The third kappa shape index (κ3) is 5.84. The number of nitrogens with zero attached hydrogens (tertiary/aromatic N) is 4. The summed E-state index contributed by atoms with van der Waals surface area (Å²) in [5, 5.41) is 4.12. The lowest BCUT2D eigenvalue weighted by Gasteiger charge is -2.39. The first kappa shape index (κ1) is 27.3. The first-order valence-electron chi connectivity index (χ1n) is 13.0. The van der Waals surface area contributed by atoms with Crippen LogP contribution in [0.3, 0.4) is 0 Å². The highest BCUT2D eigenvalue weighted by atomic mass is 32.1. The van der Waals surface area contributed by atoms with E-state index >= 15 is 0 Å². The number of nitrogens with one attached hydrogen (secondary N) is 1. The van der Waals surface area contributed by atoms with Crippen LogP contribution in [0.5, 0.6) is 11.6 Å². The lowest BCUT2D eigenvalue weighted by atomic mass is 9.75. The summed E-state index contributed by atoms with van der Waals surface area (Å²) in [6.45, 7) is 6.05. The molecule has 1 saturated heterocycles. The number of aromatic nitrogens is 3. The fraction of sp³-hybridized carbons (Fsp3) is 0.345. The van der Waals surface area contributed by atoms with Gasteiger partial charge in [0.25, 0.3) is 0 Å². The Morgan fingerprint density at radius 3 is 2.38 bits per heavy atom. The number of likely N-dealkylation sites (tertiary alicyclic amines) is 1. The normalized spacial score (nSPS) is 14.9. The Labute approximate surface area is 236 Å². The van der Waals surface area contributed by atoms with Gasteiger partial charge >= 0.3 is 12.1 Å². The number of esters is 1. The van der Waals surface area contributed by atoms with Gasteiger partial charge in [0.15, 0.2) is 5.13 Å². The summed E-state index contributed by atoms with van der Waals surface area (Å²) in [4.78, 5) is 40.9. The quantitative estimate of drug-likeness (QED) is 0.280. The van der Waals surface area contributed by atoms with E-state index in [9.17, 15) is 9.59 Å². The Hall–Kier alpha value is -4.25. The molecule has 0 radical (unpaired) electrons. The predicted octanol–water partition coefficient (Wildman–Crippen LogP) is 6.06. The Bertz CT molecular complexity index is 1470. The van der Waals surface area contributed by atoms with Crippen molar-refractivity contribution in [1.29, 1.82) is 0 Å². The summed E-state index contributed by atoms with van der Waals surface area (Å²) >= 11 is 1.58. The molecule has 1 fully saturated rings. The molecule has 0 saturated carbocycles. The molecule has 5 rings (SSSR count). The van der Waals surface area contributed by atoms with Gasteiger partial charge in [0.1, 0.15) is 22.5 Å². The van der Waals surface area contributed by atoms with Gasteiger partial charge in [0.05, 0.1) is 17.3 Å². The summed E-state index contributed by atoms with van der Waals surface area (Å²) in [5.41, 5.74) is 0.445. The second-order valence-corrected chi connectivity index (χ2v) is 11.5. The number of para-hydroxylation sites is 1. The summed E-state index contributed by atoms with van der Waals surface area (Å²) in [5.74, 6) is 0.297. The Morgan fingerprint density at radius 2 is 1.70 bits per heavy atom. The van der Waals surface area contributed by atoms with Crippen molar-refractivity contribution in [2.24, 2.45) is 0 Å². The zero-order chi connectivity index (χ0) is 28.3. The maximum Gasteiger partial charge on any atom is 0.410 e. The van der Waals surface area contributed by atoms with Crippen LogP contribution in [0, 0.1) is 0 Å². The molecule has 2 aromatic carbocycles. The minimum atomic E-state index is -1.12. The molecule has 1 aliphatic rings. The van der Waals surface area contributed by atoms with Crippen LogP contribution in [0.1, 0.15) is 39.3 Å². The molecule has 0 bridgehead atoms. The number of carbonyl (C=O) groups excluding carboxylic acids is 2. The molecule has 1 N–H and O–H groups in total. The third-order valence-corrected chi connectivity index (χ3v) is 7.53. The summed E-state index contributed by atoms with van der Waals surface area (Å²) in [6.07, 6.45) is 3.21. The van der Waals surface area contributed by atoms with Crippen molar-refractivity contribution in [3.05, 3.63) is 66.6 Å². The third-order valence-electron chi connectivity index (χ3n) is 6.58. The van der Waals surface area contributed by atoms with Gasteiger partial charge < -0.3 is 24.4 Å². The molecular weight excluding hydrogens is 530 g/mol. The maximum absolute atomic E-state index is 13.2. The number of rotatable bonds is 6. The van der Waals surface area contributed by atoms with Crippen molar-refractivity contribution in [2.75, 3.05) is 25.5 Å². The van der Waals surface area contributed by atoms with Crippen molar-refractivity contribution < 1.29 is 23.8 Å². The van der Waals surface area contributed by atoms with Gasteiger partial charge in [-0.3, -0.25) is 9.78 Å². The van der Waals surface area contributed by atoms with Gasteiger partial charge in [-0.2, -0.15) is 0 Å². The smallest absolute Gasteiger partial charge is 0.410 e. The highest BCUT2D eigenvalue weighted by Crippen LogP contribution is 2.41. The van der Waals surface area contributed by atoms with Gasteiger partial charge in [0.2, 0.25) is 5.88 Å². The van der Waals surface area contributed by atoms with E-state index in [0.717, 1.165) is 21.0 Å². The molecule has 10 nitrogen and oxygen atoms in total. The van der Waals surface area contributed by atoms with Gasteiger partial charge in [-0.05, 0) is 70.0 Å². The minimum Gasteiger partial charge on any atom is -0.468 e. The molecule has 3 heterocycles. The number of anilines is 2. The molecule has 1 aliphatic heterocycles. The number of hydrogen-bond acceptors (Lipinski definition) is 10. The molecule has 0 spiro atoms. The van der Waals surface area contributed by atoms with E-state index in [1.807, 2.05) is 69.3 Å². The Balaban J connectivity index is 1.33. The van der Waals surface area contributed by atoms with E-state index in [4.69, 9.17) is 14.2 Å². The average Bonchev–Trinajstić information content (AvgIpc) is 3.35. The van der Waals surface area contributed by atoms with Crippen molar-refractivity contribution in [1.82, 2.24) is 19.9 Å². The SMILES string of the molecule is COC(=O)C1(c2nccnc2Oc2ccc(Nc3nc4ccccc4s3)cc2)CCN(C(=O)OC(C)(C)C)CC1. The van der Waals surface area contributed by atoms with Gasteiger partial charge in [-0.1, -0.05) is 23.5 Å². The van der Waals surface area contributed by atoms with Crippen LogP contribution in [0.2, 0.25) is 0 Å². The molecule has 0 atom stereocenters. The molecular formula is C29H31N5O5S. The number of piperidine rings is 1. The zero-order valence-electron chi connectivity index (χ0n) is 22.8. The number of amides is 1. The van der Waals surface area contributed by atoms with Crippen LogP contribution < -0.4 is 10.1 Å². The highest BCUT2D eigenvalue weighted by Gasteiger charge is 2.49. The Kier molecular flexibility index (Phi) is 7.57. The topological polar surface area (TPSA) is 116 Å². The summed E-state index contributed by atoms with van der Waals surface area (Å²) < 4.78 is 18.0. The van der Waals surface area contributed by atoms with Crippen LogP contribution in [-0.4, -0.2) is 57.7 Å². The fourth-order valence-electron chi connectivity index (χ4n) is 4.63. The monoisotopic (exact) mass is 561 g/mol. The molecule has 2 aromatic heterocycles. The second-order valence-electron chi connectivity index (χ2n) is 10.5. The maximum atomic E-state index is 13.2. The first-order valence-corrected chi connectivity index (χ1v) is 13.8. The van der Waals surface area contributed by atoms with E-state index in [1.165, 1.54) is 19.5 Å². The van der Waals surface area contributed by atoms with Crippen molar-refractivity contribution in [3.63, 3.8) is 0 Å². The highest BCUT2D eigenvalue weighted by molar-refractivity contribution is 7.22. The number of methoxy groups -OCH3 is 1. The van der Waals surface area contributed by atoms with E-state index in [-0.39, 0.29) is 5.88 Å². The second kappa shape index (κ2) is 11.1. The fourth-order valence-corrected chi connectivity index (χ4v) is 5.51. The van der Waals surface area contributed by atoms with Gasteiger partial charge in [0, 0.05) is 31.2 Å². The minimum absolute atomic E-state index is 0.213. The van der Waals surface area contributed by atoms with Crippen LogP contribution in [0.4, 0.5) is 15.6 Å². The zero-order valence-corrected chi connectivity index (χ0v) is 23.7. The number of hydrogen-bond donors (Lipinski definition) is 1. The van der Waals surface area contributed by atoms with E-state index < -0.39 is 23.1 Å². The number of thiazole rings is 1. The van der Waals surface area contributed by atoms with Crippen molar-refractivity contribution in [2.45, 2.75) is 44.6 Å². The molecule has 0 unspecified atom stereocenters. The standard InChI is InChI=1S/C29H31N5O5S/c1-28(2,3)39-27(36)34-17-13-29(14-18-34,25(35)37-4)23-24(31-16-15-30-23)38-20-11-9-19(10-12-20)32-26-33-21-7-5-6-8-22(21)40-26/h5-12,15-16H,13-14,17-18H2,1-4H3,(H,32,33). The van der Waals surface area contributed by atoms with Crippen molar-refractivity contribution >= 4 is 44.4 Å². The van der Waals surface area contributed by atoms with Crippen molar-refractivity contribution in [3.8, 4) is 11.6 Å². The van der Waals surface area contributed by atoms with Crippen LogP contribution in [-0.2, 0) is 19.7 Å². The van der Waals surface area contributed by atoms with Crippen LogP contribution >= 0.6 is 11.3 Å². The van der Waals surface area contributed by atoms with Crippen LogP contribution in [0.25, 0.3) is 10.2 Å².